The van der Waals surface area contributed by atoms with Crippen LogP contribution in [-0.4, -0.2) is 32.6 Å². The van der Waals surface area contributed by atoms with Crippen molar-refractivity contribution in [3.63, 3.8) is 0 Å². The predicted molar refractivity (Wildman–Crippen MR) is 90.6 cm³/mol. The molecule has 0 saturated carbocycles. The van der Waals surface area contributed by atoms with Crippen LogP contribution in [0.2, 0.25) is 0 Å². The highest BCUT2D eigenvalue weighted by molar-refractivity contribution is 6.00. The van der Waals surface area contributed by atoms with Crippen LogP contribution in [0.5, 0.6) is 11.5 Å². The van der Waals surface area contributed by atoms with Crippen molar-refractivity contribution >= 4 is 17.5 Å². The van der Waals surface area contributed by atoms with E-state index in [2.05, 4.69) is 5.32 Å². The van der Waals surface area contributed by atoms with Gasteiger partial charge in [-0.05, 0) is 24.3 Å². The first kappa shape index (κ1) is 16.9. The number of methoxy groups -OCH3 is 2. The number of rotatable bonds is 6. The Hall–Kier alpha value is -2.96. The number of benzene rings is 1. The number of carbonyl (C=O) groups is 2. The van der Waals surface area contributed by atoms with Crippen LogP contribution in [0.4, 0.5) is 5.69 Å². The summed E-state index contributed by atoms with van der Waals surface area (Å²) in [5.41, 5.74) is 0.684. The molecule has 7 nitrogen and oxygen atoms in total. The lowest BCUT2D eigenvalue weighted by Crippen LogP contribution is -2.32. The Morgan fingerprint density at radius 2 is 2.08 bits per heavy atom. The molecule has 1 atom stereocenters. The Kier molecular flexibility index (Phi) is 4.92. The second kappa shape index (κ2) is 7.29. The van der Waals surface area contributed by atoms with E-state index in [-0.39, 0.29) is 18.2 Å². The Morgan fingerprint density at radius 3 is 2.76 bits per heavy atom. The number of amides is 2. The van der Waals surface area contributed by atoms with E-state index in [4.69, 9.17) is 13.9 Å². The zero-order valence-corrected chi connectivity index (χ0v) is 14.2. The van der Waals surface area contributed by atoms with Gasteiger partial charge in [0.05, 0.1) is 32.9 Å². The molecule has 2 amide bonds. The lowest BCUT2D eigenvalue weighted by Gasteiger charge is -2.18. The van der Waals surface area contributed by atoms with E-state index >= 15 is 0 Å². The molecule has 7 heteroatoms. The Morgan fingerprint density at radius 1 is 1.28 bits per heavy atom. The van der Waals surface area contributed by atoms with Gasteiger partial charge in [-0.3, -0.25) is 9.59 Å². The highest BCUT2D eigenvalue weighted by Crippen LogP contribution is 2.34. The van der Waals surface area contributed by atoms with Gasteiger partial charge >= 0.3 is 0 Å². The molecule has 0 bridgehead atoms. The smallest absolute Gasteiger partial charge is 0.227 e. The molecule has 0 spiro atoms. The average molecular weight is 344 g/mol. The van der Waals surface area contributed by atoms with Crippen molar-refractivity contribution in [2.45, 2.75) is 13.0 Å². The zero-order chi connectivity index (χ0) is 17.8. The van der Waals surface area contributed by atoms with E-state index in [1.165, 1.54) is 0 Å². The Balaban J connectivity index is 1.66. The van der Waals surface area contributed by atoms with Crippen molar-refractivity contribution in [1.29, 1.82) is 0 Å². The molecular weight excluding hydrogens is 324 g/mol. The fourth-order valence-corrected chi connectivity index (χ4v) is 2.86. The molecule has 0 radical (unpaired) electrons. The standard InChI is InChI=1S/C18H20N2O5/c1-23-15-6-5-13(9-16(15)24-2)20-11-12(8-17(20)21)18(22)19-10-14-4-3-7-25-14/h3-7,9,12H,8,10-11H2,1-2H3,(H,19,22). The van der Waals surface area contributed by atoms with Crippen LogP contribution in [0.3, 0.4) is 0 Å². The van der Waals surface area contributed by atoms with Gasteiger partial charge in [-0.2, -0.15) is 0 Å². The van der Waals surface area contributed by atoms with Crippen LogP contribution in [0.15, 0.2) is 41.0 Å². The summed E-state index contributed by atoms with van der Waals surface area (Å²) in [5.74, 6) is 1.16. The lowest BCUT2D eigenvalue weighted by molar-refractivity contribution is -0.126. The Labute approximate surface area is 145 Å². The quantitative estimate of drug-likeness (QED) is 0.866. The van der Waals surface area contributed by atoms with Crippen LogP contribution in [0.25, 0.3) is 0 Å². The molecule has 1 aromatic heterocycles. The highest BCUT2D eigenvalue weighted by atomic mass is 16.5. The number of ether oxygens (including phenoxy) is 2. The number of anilines is 1. The van der Waals surface area contributed by atoms with Crippen LogP contribution in [0, 0.1) is 5.92 Å². The molecule has 25 heavy (non-hydrogen) atoms. The molecule has 1 unspecified atom stereocenters. The summed E-state index contributed by atoms with van der Waals surface area (Å²) in [6, 6.07) is 8.81. The first-order valence-electron chi connectivity index (χ1n) is 7.95. The minimum atomic E-state index is -0.393. The molecule has 1 fully saturated rings. The maximum atomic E-state index is 12.3. The number of nitrogens with zero attached hydrogens (tertiary/aromatic N) is 1. The van der Waals surface area contributed by atoms with Crippen molar-refractivity contribution in [3.05, 3.63) is 42.4 Å². The van der Waals surface area contributed by atoms with Crippen molar-refractivity contribution in [3.8, 4) is 11.5 Å². The van der Waals surface area contributed by atoms with Crippen LogP contribution >= 0.6 is 0 Å². The number of hydrogen-bond acceptors (Lipinski definition) is 5. The molecule has 0 aliphatic carbocycles. The van der Waals surface area contributed by atoms with Gasteiger partial charge in [-0.15, -0.1) is 0 Å². The summed E-state index contributed by atoms with van der Waals surface area (Å²) in [7, 11) is 3.09. The molecule has 2 aromatic rings. The minimum absolute atomic E-state index is 0.0923. The van der Waals surface area contributed by atoms with Gasteiger partial charge < -0.3 is 24.1 Å². The third kappa shape index (κ3) is 3.60. The molecule has 132 valence electrons. The maximum Gasteiger partial charge on any atom is 0.227 e. The predicted octanol–water partition coefficient (Wildman–Crippen LogP) is 1.97. The average Bonchev–Trinajstić information content (AvgIpc) is 3.28. The van der Waals surface area contributed by atoms with E-state index in [1.807, 2.05) is 0 Å². The third-order valence-electron chi connectivity index (χ3n) is 4.19. The SMILES string of the molecule is COc1ccc(N2CC(C(=O)NCc3ccco3)CC2=O)cc1OC. The number of carbonyl (C=O) groups excluding carboxylic acids is 2. The summed E-state index contributed by atoms with van der Waals surface area (Å²) >= 11 is 0. The molecule has 3 rings (SSSR count). The molecule has 1 aliphatic heterocycles. The Bertz CT molecular complexity index is 757. The van der Waals surface area contributed by atoms with E-state index in [1.54, 1.807) is 55.7 Å². The minimum Gasteiger partial charge on any atom is -0.493 e. The first-order valence-corrected chi connectivity index (χ1v) is 7.95. The fraction of sp³-hybridized carbons (Fsp3) is 0.333. The highest BCUT2D eigenvalue weighted by Gasteiger charge is 2.35. The molecule has 1 saturated heterocycles. The molecule has 2 heterocycles. The molecular formula is C18H20N2O5. The van der Waals surface area contributed by atoms with E-state index < -0.39 is 5.92 Å². The van der Waals surface area contributed by atoms with Crippen molar-refractivity contribution in [1.82, 2.24) is 5.32 Å². The number of nitrogens with one attached hydrogen (secondary N) is 1. The van der Waals surface area contributed by atoms with Gasteiger partial charge in [-0.1, -0.05) is 0 Å². The summed E-state index contributed by atoms with van der Waals surface area (Å²) in [5, 5.41) is 2.80. The second-order valence-electron chi connectivity index (χ2n) is 5.74. The van der Waals surface area contributed by atoms with E-state index in [9.17, 15) is 9.59 Å². The summed E-state index contributed by atoms with van der Waals surface area (Å²) in [6.45, 7) is 0.644. The topological polar surface area (TPSA) is 81.0 Å². The normalized spacial score (nSPS) is 16.8. The summed E-state index contributed by atoms with van der Waals surface area (Å²) in [4.78, 5) is 26.2. The van der Waals surface area contributed by atoms with Gasteiger partial charge in [-0.25, -0.2) is 0 Å². The van der Waals surface area contributed by atoms with E-state index in [0.29, 0.717) is 36.0 Å². The summed E-state index contributed by atoms with van der Waals surface area (Å²) in [6.07, 6.45) is 1.73. The van der Waals surface area contributed by atoms with Gasteiger partial charge in [0.1, 0.15) is 5.76 Å². The second-order valence-corrected chi connectivity index (χ2v) is 5.74. The van der Waals surface area contributed by atoms with Gasteiger partial charge in [0.2, 0.25) is 11.8 Å². The van der Waals surface area contributed by atoms with E-state index in [0.717, 1.165) is 0 Å². The van der Waals surface area contributed by atoms with Gasteiger partial charge in [0, 0.05) is 24.7 Å². The third-order valence-corrected chi connectivity index (χ3v) is 4.19. The number of furan rings is 1. The fourth-order valence-electron chi connectivity index (χ4n) is 2.86. The van der Waals surface area contributed by atoms with Crippen molar-refractivity contribution in [2.24, 2.45) is 5.92 Å². The van der Waals surface area contributed by atoms with Crippen LogP contribution in [0.1, 0.15) is 12.2 Å². The maximum absolute atomic E-state index is 12.3. The molecule has 1 aliphatic rings. The monoisotopic (exact) mass is 344 g/mol. The zero-order valence-electron chi connectivity index (χ0n) is 14.2. The molecule has 1 N–H and O–H groups in total. The van der Waals surface area contributed by atoms with Crippen LogP contribution < -0.4 is 19.7 Å². The largest absolute Gasteiger partial charge is 0.493 e. The van der Waals surface area contributed by atoms with Gasteiger partial charge in [0.25, 0.3) is 0 Å². The van der Waals surface area contributed by atoms with Crippen molar-refractivity contribution in [2.75, 3.05) is 25.7 Å². The van der Waals surface area contributed by atoms with Crippen LogP contribution in [-0.2, 0) is 16.1 Å². The van der Waals surface area contributed by atoms with Crippen molar-refractivity contribution < 1.29 is 23.5 Å². The lowest BCUT2D eigenvalue weighted by atomic mass is 10.1. The summed E-state index contributed by atoms with van der Waals surface area (Å²) < 4.78 is 15.7. The number of hydrogen-bond donors (Lipinski definition) is 1. The molecule has 1 aromatic carbocycles. The first-order chi connectivity index (χ1) is 12.1. The van der Waals surface area contributed by atoms with Gasteiger partial charge in [0.15, 0.2) is 11.5 Å².